The molecule has 0 fully saturated rings. The quantitative estimate of drug-likeness (QED) is 0.187. The molecule has 0 atom stereocenters. The molecule has 1 aliphatic heterocycles. The van der Waals surface area contributed by atoms with Crippen LogP contribution < -0.4 is 9.64 Å². The Balaban J connectivity index is 1.04. The second-order valence-electron chi connectivity index (χ2n) is 14.6. The molecule has 1 aliphatic carbocycles. The summed E-state index contributed by atoms with van der Waals surface area (Å²) in [6.07, 6.45) is 0. The Morgan fingerprint density at radius 3 is 2.08 bits per heavy atom. The fraction of sp³-hybridized carbons (Fsp3) is 0.0612. The van der Waals surface area contributed by atoms with Crippen molar-refractivity contribution in [2.24, 2.45) is 0 Å². The van der Waals surface area contributed by atoms with E-state index in [0.717, 1.165) is 39.7 Å². The zero-order valence-electron chi connectivity index (χ0n) is 29.0. The summed E-state index contributed by atoms with van der Waals surface area (Å²) in [6, 6.07) is 61.7. The number of nitrogens with zero attached hydrogens (tertiary/aromatic N) is 2. The minimum atomic E-state index is -0.0205. The minimum Gasteiger partial charge on any atom is -0.453 e. The summed E-state index contributed by atoms with van der Waals surface area (Å²) in [5.74, 6) is 1.69. The highest BCUT2D eigenvalue weighted by Gasteiger charge is 2.35. The molecule has 0 unspecified atom stereocenters. The number of hydrogen-bond donors (Lipinski definition) is 0. The first-order chi connectivity index (χ1) is 25.5. The Morgan fingerprint density at radius 1 is 0.442 bits per heavy atom. The molecular weight excluding hydrogens is 633 g/mol. The van der Waals surface area contributed by atoms with Crippen LogP contribution in [0.1, 0.15) is 25.0 Å². The molecule has 8 aromatic carbocycles. The molecule has 246 valence electrons. The van der Waals surface area contributed by atoms with Crippen molar-refractivity contribution in [3.05, 3.63) is 181 Å². The molecule has 0 radical (unpaired) electrons. The number of anilines is 3. The SMILES string of the molecule is CC1(C)c2ccccc2-c2cc(-n3c4ccccc4c4cc(-c5ccc6c(c5)Oc5ccccc5N6c5ccc6ccccc6c5)ccc43)ccc21. The van der Waals surface area contributed by atoms with E-state index in [-0.39, 0.29) is 5.41 Å². The van der Waals surface area contributed by atoms with Crippen LogP contribution in [0.3, 0.4) is 0 Å². The number of aromatic nitrogens is 1. The van der Waals surface area contributed by atoms with Crippen molar-refractivity contribution in [2.45, 2.75) is 19.3 Å². The molecule has 0 amide bonds. The molecule has 0 saturated carbocycles. The standard InChI is InChI=1S/C49H34N2O/c1-49(2)41-15-7-5-13-37(41)39-30-36(23-24-42(39)49)50-43-16-8-6-14-38(43)40-28-33(20-25-44(40)50)34-21-26-46-48(29-34)52-47-18-10-9-17-45(47)51(46)35-22-19-31-11-3-4-12-32(31)27-35/h3-30H,1-2H3. The Morgan fingerprint density at radius 2 is 1.13 bits per heavy atom. The number of para-hydroxylation sites is 3. The van der Waals surface area contributed by atoms with Gasteiger partial charge in [0.15, 0.2) is 11.5 Å². The van der Waals surface area contributed by atoms with E-state index in [9.17, 15) is 0 Å². The van der Waals surface area contributed by atoms with Crippen LogP contribution >= 0.6 is 0 Å². The molecule has 11 rings (SSSR count). The average molecular weight is 667 g/mol. The maximum Gasteiger partial charge on any atom is 0.152 e. The molecule has 0 bridgehead atoms. The molecule has 0 spiro atoms. The van der Waals surface area contributed by atoms with Crippen molar-refractivity contribution in [1.29, 1.82) is 0 Å². The fourth-order valence-electron chi connectivity index (χ4n) is 8.81. The Kier molecular flexibility index (Phi) is 6.01. The van der Waals surface area contributed by atoms with Crippen LogP contribution in [-0.2, 0) is 5.41 Å². The fourth-order valence-corrected chi connectivity index (χ4v) is 8.81. The van der Waals surface area contributed by atoms with Gasteiger partial charge in [-0.05, 0) is 111 Å². The summed E-state index contributed by atoms with van der Waals surface area (Å²) in [6.45, 7) is 4.68. The van der Waals surface area contributed by atoms with Crippen molar-refractivity contribution < 1.29 is 4.74 Å². The lowest BCUT2D eigenvalue weighted by atomic mass is 9.82. The molecule has 52 heavy (non-hydrogen) atoms. The van der Waals surface area contributed by atoms with Gasteiger partial charge in [0.2, 0.25) is 0 Å². The Bertz CT molecular complexity index is 2930. The van der Waals surface area contributed by atoms with Gasteiger partial charge >= 0.3 is 0 Å². The van der Waals surface area contributed by atoms with E-state index in [2.05, 4.69) is 187 Å². The third-order valence-electron chi connectivity index (χ3n) is 11.3. The van der Waals surface area contributed by atoms with Gasteiger partial charge in [-0.3, -0.25) is 0 Å². The largest absolute Gasteiger partial charge is 0.453 e. The van der Waals surface area contributed by atoms with Gasteiger partial charge in [0.05, 0.1) is 22.4 Å². The van der Waals surface area contributed by atoms with Gasteiger partial charge < -0.3 is 14.2 Å². The van der Waals surface area contributed by atoms with E-state index < -0.39 is 0 Å². The lowest BCUT2D eigenvalue weighted by molar-refractivity contribution is 0.477. The summed E-state index contributed by atoms with van der Waals surface area (Å²) in [5, 5.41) is 4.91. The summed E-state index contributed by atoms with van der Waals surface area (Å²) < 4.78 is 9.06. The van der Waals surface area contributed by atoms with Crippen LogP contribution in [0.2, 0.25) is 0 Å². The lowest BCUT2D eigenvalue weighted by Crippen LogP contribution is -2.15. The highest BCUT2D eigenvalue weighted by atomic mass is 16.5. The normalized spacial score (nSPS) is 13.8. The first-order valence-electron chi connectivity index (χ1n) is 18.0. The topological polar surface area (TPSA) is 17.4 Å². The number of hydrogen-bond acceptors (Lipinski definition) is 2. The number of fused-ring (bicyclic) bond motifs is 9. The summed E-state index contributed by atoms with van der Waals surface area (Å²) in [4.78, 5) is 2.32. The zero-order chi connectivity index (χ0) is 34.6. The molecule has 2 aliphatic rings. The van der Waals surface area contributed by atoms with Crippen LogP contribution in [0.4, 0.5) is 17.1 Å². The third kappa shape index (κ3) is 4.14. The van der Waals surface area contributed by atoms with Crippen LogP contribution in [0.15, 0.2) is 170 Å². The van der Waals surface area contributed by atoms with Crippen LogP contribution in [0.25, 0.3) is 60.5 Å². The van der Waals surface area contributed by atoms with Crippen LogP contribution in [0.5, 0.6) is 11.5 Å². The minimum absolute atomic E-state index is 0.0205. The van der Waals surface area contributed by atoms with Crippen molar-refractivity contribution in [3.63, 3.8) is 0 Å². The van der Waals surface area contributed by atoms with Gasteiger partial charge in [0, 0.05) is 27.6 Å². The Hall–Kier alpha value is -6.58. The molecule has 0 N–H and O–H groups in total. The van der Waals surface area contributed by atoms with E-state index in [4.69, 9.17) is 4.74 Å². The van der Waals surface area contributed by atoms with Gasteiger partial charge in [-0.1, -0.05) is 117 Å². The summed E-state index contributed by atoms with van der Waals surface area (Å²) >= 11 is 0. The van der Waals surface area contributed by atoms with Crippen molar-refractivity contribution >= 4 is 49.6 Å². The van der Waals surface area contributed by atoms with Crippen molar-refractivity contribution in [2.75, 3.05) is 4.90 Å². The van der Waals surface area contributed by atoms with Crippen LogP contribution in [-0.4, -0.2) is 4.57 Å². The molecule has 9 aromatic rings. The van der Waals surface area contributed by atoms with Gasteiger partial charge in [0.25, 0.3) is 0 Å². The number of rotatable bonds is 3. The number of ether oxygens (including phenoxy) is 1. The second-order valence-corrected chi connectivity index (χ2v) is 14.6. The molecule has 3 nitrogen and oxygen atoms in total. The highest BCUT2D eigenvalue weighted by Crippen LogP contribution is 2.52. The average Bonchev–Trinajstić information content (AvgIpc) is 3.64. The highest BCUT2D eigenvalue weighted by molar-refractivity contribution is 6.10. The van der Waals surface area contributed by atoms with E-state index in [1.54, 1.807) is 0 Å². The molecule has 1 aromatic heterocycles. The molecule has 2 heterocycles. The predicted octanol–water partition coefficient (Wildman–Crippen LogP) is 13.5. The second kappa shape index (κ2) is 10.7. The van der Waals surface area contributed by atoms with E-state index in [1.807, 2.05) is 6.07 Å². The van der Waals surface area contributed by atoms with Crippen molar-refractivity contribution in [3.8, 4) is 39.4 Å². The summed E-state index contributed by atoms with van der Waals surface area (Å²) in [7, 11) is 0. The smallest absolute Gasteiger partial charge is 0.152 e. The molecule has 3 heteroatoms. The van der Waals surface area contributed by atoms with Gasteiger partial charge in [0.1, 0.15) is 0 Å². The molecule has 0 saturated heterocycles. The maximum atomic E-state index is 6.63. The van der Waals surface area contributed by atoms with Gasteiger partial charge in [-0.25, -0.2) is 0 Å². The van der Waals surface area contributed by atoms with E-state index in [1.165, 1.54) is 60.5 Å². The molecular formula is C49H34N2O. The van der Waals surface area contributed by atoms with Crippen LogP contribution in [0, 0.1) is 0 Å². The third-order valence-corrected chi connectivity index (χ3v) is 11.3. The first-order valence-corrected chi connectivity index (χ1v) is 18.0. The lowest BCUT2D eigenvalue weighted by Gasteiger charge is -2.33. The van der Waals surface area contributed by atoms with E-state index in [0.29, 0.717) is 0 Å². The number of benzene rings is 8. The maximum absolute atomic E-state index is 6.63. The van der Waals surface area contributed by atoms with Gasteiger partial charge in [-0.15, -0.1) is 0 Å². The van der Waals surface area contributed by atoms with Crippen molar-refractivity contribution in [1.82, 2.24) is 4.57 Å². The Labute approximate surface area is 302 Å². The zero-order valence-corrected chi connectivity index (χ0v) is 29.0. The van der Waals surface area contributed by atoms with E-state index >= 15 is 0 Å². The summed E-state index contributed by atoms with van der Waals surface area (Å²) in [5.41, 5.74) is 14.4. The predicted molar refractivity (Wildman–Crippen MR) is 216 cm³/mol. The van der Waals surface area contributed by atoms with Gasteiger partial charge in [-0.2, -0.15) is 0 Å². The monoisotopic (exact) mass is 666 g/mol. The first kappa shape index (κ1) is 29.2.